The monoisotopic (exact) mass is 479 g/mol. The van der Waals surface area contributed by atoms with Gasteiger partial charge in [-0.25, -0.2) is 0 Å². The molecule has 0 saturated carbocycles. The topological polar surface area (TPSA) is 40.5 Å². The molecule has 33 heavy (non-hydrogen) atoms. The number of nitrogens with zero attached hydrogens (tertiary/aromatic N) is 1. The number of hydrogen-bond donors (Lipinski definition) is 0. The molecule has 1 aliphatic heterocycles. The fraction of sp³-hybridized carbons (Fsp3) is 0.480. The lowest BCUT2D eigenvalue weighted by Gasteiger charge is -2.38. The van der Waals surface area contributed by atoms with Gasteiger partial charge in [-0.2, -0.15) is 13.2 Å². The molecule has 0 N–H and O–H groups in total. The van der Waals surface area contributed by atoms with E-state index in [9.17, 15) is 18.0 Å². The molecule has 0 saturated heterocycles. The summed E-state index contributed by atoms with van der Waals surface area (Å²) in [5.74, 6) is 0.302. The SMILES string of the molecule is CC(O[Si](C)(C)C(C)(C)C)c1ccn(C2=CC(C)(C)Oc3ccc(C(F)(F)F)cc32)c(=O)c1. The highest BCUT2D eigenvalue weighted by molar-refractivity contribution is 6.74. The third-order valence-corrected chi connectivity index (χ3v) is 10.9. The highest BCUT2D eigenvalue weighted by Crippen LogP contribution is 2.41. The van der Waals surface area contributed by atoms with Crippen LogP contribution in [0.15, 0.2) is 47.4 Å². The lowest BCUT2D eigenvalue weighted by molar-refractivity contribution is -0.137. The van der Waals surface area contributed by atoms with Gasteiger partial charge < -0.3 is 9.16 Å². The van der Waals surface area contributed by atoms with Crippen LogP contribution in [0.25, 0.3) is 5.70 Å². The molecule has 1 atom stereocenters. The van der Waals surface area contributed by atoms with E-state index in [-0.39, 0.29) is 22.3 Å². The quantitative estimate of drug-likeness (QED) is 0.443. The summed E-state index contributed by atoms with van der Waals surface area (Å²) < 4.78 is 53.6. The van der Waals surface area contributed by atoms with Crippen molar-refractivity contribution in [1.29, 1.82) is 0 Å². The van der Waals surface area contributed by atoms with Crippen LogP contribution in [0.5, 0.6) is 5.75 Å². The molecule has 3 rings (SSSR count). The molecule has 0 amide bonds. The van der Waals surface area contributed by atoms with Crippen LogP contribution >= 0.6 is 0 Å². The number of alkyl halides is 3. The second kappa shape index (κ2) is 8.16. The first-order chi connectivity index (χ1) is 14.9. The molecule has 2 heterocycles. The standard InChI is InChI=1S/C25H32F3NO3Si/c1-16(32-33(7,8)23(2,3)4)17-11-12-29(22(30)13-17)20-15-24(5,6)31-21-10-9-18(14-19(20)21)25(26,27)28/h9-16H,1-8H3. The molecule has 0 radical (unpaired) electrons. The number of aromatic nitrogens is 1. The highest BCUT2D eigenvalue weighted by Gasteiger charge is 2.39. The number of ether oxygens (including phenoxy) is 1. The van der Waals surface area contributed by atoms with E-state index >= 15 is 0 Å². The van der Waals surface area contributed by atoms with Gasteiger partial charge in [0.25, 0.3) is 5.56 Å². The lowest BCUT2D eigenvalue weighted by Crippen LogP contribution is -2.41. The minimum Gasteiger partial charge on any atom is -0.483 e. The predicted molar refractivity (Wildman–Crippen MR) is 127 cm³/mol. The van der Waals surface area contributed by atoms with Crippen LogP contribution < -0.4 is 10.3 Å². The van der Waals surface area contributed by atoms with Crippen molar-refractivity contribution in [3.63, 3.8) is 0 Å². The summed E-state index contributed by atoms with van der Waals surface area (Å²) in [6.45, 7) is 16.2. The zero-order chi connectivity index (χ0) is 25.0. The molecule has 0 spiro atoms. The van der Waals surface area contributed by atoms with Crippen molar-refractivity contribution in [2.45, 2.75) is 77.6 Å². The molecule has 8 heteroatoms. The number of fused-ring (bicyclic) bond motifs is 1. The van der Waals surface area contributed by atoms with Crippen LogP contribution in [0.3, 0.4) is 0 Å². The van der Waals surface area contributed by atoms with E-state index in [1.807, 2.05) is 6.92 Å². The molecule has 4 nitrogen and oxygen atoms in total. The Labute approximate surface area is 194 Å². The van der Waals surface area contributed by atoms with E-state index in [0.717, 1.165) is 17.7 Å². The van der Waals surface area contributed by atoms with Crippen LogP contribution in [0.4, 0.5) is 13.2 Å². The van der Waals surface area contributed by atoms with Gasteiger partial charge in [0.1, 0.15) is 11.4 Å². The van der Waals surface area contributed by atoms with Crippen molar-refractivity contribution < 1.29 is 22.3 Å². The average molecular weight is 480 g/mol. The molecule has 0 aliphatic carbocycles. The van der Waals surface area contributed by atoms with E-state index in [1.54, 1.807) is 32.2 Å². The second-order valence-electron chi connectivity index (χ2n) is 10.6. The minimum atomic E-state index is -4.50. The largest absolute Gasteiger partial charge is 0.483 e. The van der Waals surface area contributed by atoms with Gasteiger partial charge in [-0.1, -0.05) is 20.8 Å². The average Bonchev–Trinajstić information content (AvgIpc) is 2.64. The van der Waals surface area contributed by atoms with E-state index < -0.39 is 25.7 Å². The summed E-state index contributed by atoms with van der Waals surface area (Å²) in [5, 5.41) is 0.0225. The molecule has 1 unspecified atom stereocenters. The van der Waals surface area contributed by atoms with Gasteiger partial charge in [-0.3, -0.25) is 9.36 Å². The van der Waals surface area contributed by atoms with Gasteiger partial charge in [0, 0.05) is 17.8 Å². The van der Waals surface area contributed by atoms with Crippen LogP contribution in [0.1, 0.15) is 64.3 Å². The highest BCUT2D eigenvalue weighted by atomic mass is 28.4. The Kier molecular flexibility index (Phi) is 6.26. The van der Waals surface area contributed by atoms with Crippen LogP contribution in [0, 0.1) is 0 Å². The Morgan fingerprint density at radius 1 is 1.09 bits per heavy atom. The first kappa shape index (κ1) is 25.3. The van der Waals surface area contributed by atoms with E-state index in [1.165, 1.54) is 16.7 Å². The molecular weight excluding hydrogens is 447 g/mol. The fourth-order valence-electron chi connectivity index (χ4n) is 3.55. The van der Waals surface area contributed by atoms with Crippen molar-refractivity contribution in [3.05, 3.63) is 69.6 Å². The zero-order valence-corrected chi connectivity index (χ0v) is 21.4. The minimum absolute atomic E-state index is 0.0225. The lowest BCUT2D eigenvalue weighted by atomic mass is 9.97. The van der Waals surface area contributed by atoms with Gasteiger partial charge >= 0.3 is 6.18 Å². The normalized spacial score (nSPS) is 17.1. The third-order valence-electron chi connectivity index (χ3n) is 6.39. The summed E-state index contributed by atoms with van der Waals surface area (Å²) in [6.07, 6.45) is -1.51. The van der Waals surface area contributed by atoms with Gasteiger partial charge in [0.15, 0.2) is 8.32 Å². The van der Waals surface area contributed by atoms with E-state index in [4.69, 9.17) is 9.16 Å². The maximum Gasteiger partial charge on any atom is 0.416 e. The van der Waals surface area contributed by atoms with E-state index in [2.05, 4.69) is 33.9 Å². The van der Waals surface area contributed by atoms with Gasteiger partial charge in [-0.15, -0.1) is 0 Å². The van der Waals surface area contributed by atoms with Gasteiger partial charge in [0.2, 0.25) is 0 Å². The summed E-state index contributed by atoms with van der Waals surface area (Å²) in [6, 6.07) is 6.61. The Bertz CT molecular complexity index is 1140. The second-order valence-corrected chi connectivity index (χ2v) is 15.4. The molecule has 1 aromatic carbocycles. The summed E-state index contributed by atoms with van der Waals surface area (Å²) >= 11 is 0. The maximum atomic E-state index is 13.3. The van der Waals surface area contributed by atoms with Crippen LogP contribution in [-0.2, 0) is 10.6 Å². The smallest absolute Gasteiger partial charge is 0.416 e. The number of hydrogen-bond acceptors (Lipinski definition) is 3. The van der Waals surface area contributed by atoms with Crippen molar-refractivity contribution in [1.82, 2.24) is 4.57 Å². The molecule has 0 bridgehead atoms. The molecule has 1 aromatic heterocycles. The van der Waals surface area contributed by atoms with Gasteiger partial charge in [0.05, 0.1) is 17.4 Å². The molecule has 180 valence electrons. The van der Waals surface area contributed by atoms with Crippen molar-refractivity contribution in [2.75, 3.05) is 0 Å². The van der Waals surface area contributed by atoms with E-state index in [0.29, 0.717) is 11.4 Å². The number of benzene rings is 1. The molecular formula is C25H32F3NO3Si. The Hall–Kier alpha value is -2.32. The third kappa shape index (κ3) is 5.27. The molecule has 0 fully saturated rings. The Balaban J connectivity index is 2.04. The first-order valence-corrected chi connectivity index (χ1v) is 13.9. The fourth-order valence-corrected chi connectivity index (χ4v) is 4.92. The number of pyridine rings is 1. The first-order valence-electron chi connectivity index (χ1n) is 11.0. The van der Waals surface area contributed by atoms with Gasteiger partial charge in [-0.05, 0) is 74.8 Å². The summed E-state index contributed by atoms with van der Waals surface area (Å²) in [4.78, 5) is 13.1. The number of halogens is 3. The molecule has 1 aliphatic rings. The van der Waals surface area contributed by atoms with Crippen molar-refractivity contribution >= 4 is 14.0 Å². The summed E-state index contributed by atoms with van der Waals surface area (Å²) in [7, 11) is -2.05. The zero-order valence-electron chi connectivity index (χ0n) is 20.4. The summed E-state index contributed by atoms with van der Waals surface area (Å²) in [5.41, 5.74) is -0.607. The van der Waals surface area contributed by atoms with Crippen LogP contribution in [0.2, 0.25) is 18.1 Å². The Morgan fingerprint density at radius 3 is 2.27 bits per heavy atom. The maximum absolute atomic E-state index is 13.3. The molecule has 2 aromatic rings. The van der Waals surface area contributed by atoms with Crippen LogP contribution in [-0.4, -0.2) is 18.5 Å². The number of rotatable bonds is 4. The van der Waals surface area contributed by atoms with Crippen molar-refractivity contribution in [2.24, 2.45) is 0 Å². The predicted octanol–water partition coefficient (Wildman–Crippen LogP) is 7.01. The van der Waals surface area contributed by atoms with Crippen molar-refractivity contribution in [3.8, 4) is 5.75 Å². The Morgan fingerprint density at radius 2 is 1.73 bits per heavy atom.